The smallest absolute Gasteiger partial charge is 0.348 e. The number of likely N-dealkylation sites (N-methyl/N-ethyl adjacent to an activating group) is 1. The predicted octanol–water partition coefficient (Wildman–Crippen LogP) is 0.988. The third-order valence-electron chi connectivity index (χ3n) is 3.05. The zero-order valence-corrected chi connectivity index (χ0v) is 16.5. The fourth-order valence-electron chi connectivity index (χ4n) is 1.83. The molecule has 0 saturated heterocycles. The molecule has 26 heavy (non-hydrogen) atoms. The number of hydrogen-bond donors (Lipinski definition) is 4. The minimum absolute atomic E-state index is 0.122. The Bertz CT molecular complexity index is 745. The Kier molecular flexibility index (Phi) is 10.2. The van der Waals surface area contributed by atoms with Gasteiger partial charge in [0, 0.05) is 28.3 Å². The highest BCUT2D eigenvalue weighted by atomic mass is 79.9. The van der Waals surface area contributed by atoms with Crippen molar-refractivity contribution in [1.29, 1.82) is 0 Å². The van der Waals surface area contributed by atoms with Crippen molar-refractivity contribution >= 4 is 40.9 Å². The first-order chi connectivity index (χ1) is 12.4. The molecule has 9 heteroatoms. The van der Waals surface area contributed by atoms with E-state index in [0.717, 1.165) is 4.47 Å². The SMILES string of the molecule is CNCC(O)CO.O=C(Nc1cccc(Br)c1)c1cccc([P+](=O)[O-])c1. The van der Waals surface area contributed by atoms with Crippen molar-refractivity contribution in [2.45, 2.75) is 6.10 Å². The monoisotopic (exact) mass is 442 g/mol. The van der Waals surface area contributed by atoms with Gasteiger partial charge in [0.15, 0.2) is 5.30 Å². The van der Waals surface area contributed by atoms with Crippen LogP contribution in [-0.4, -0.2) is 42.4 Å². The van der Waals surface area contributed by atoms with E-state index < -0.39 is 14.1 Å². The maximum atomic E-state index is 12.0. The van der Waals surface area contributed by atoms with Crippen molar-refractivity contribution < 1.29 is 24.5 Å². The first-order valence-electron chi connectivity index (χ1n) is 7.62. The fraction of sp³-hybridized carbons (Fsp3) is 0.235. The number of amides is 1. The molecule has 7 nitrogen and oxygen atoms in total. The summed E-state index contributed by atoms with van der Waals surface area (Å²) in [6.07, 6.45) is -0.606. The van der Waals surface area contributed by atoms with Crippen molar-refractivity contribution in [2.24, 2.45) is 0 Å². The molecule has 2 atom stereocenters. The second kappa shape index (κ2) is 11.9. The molecule has 0 radical (unpaired) electrons. The third-order valence-corrected chi connectivity index (χ3v) is 4.25. The largest absolute Gasteiger partial charge is 0.591 e. The maximum absolute atomic E-state index is 12.0. The van der Waals surface area contributed by atoms with Gasteiger partial charge in [0.1, 0.15) is 0 Å². The van der Waals surface area contributed by atoms with Crippen LogP contribution >= 0.6 is 24.0 Å². The number of anilines is 1. The van der Waals surface area contributed by atoms with E-state index in [1.54, 1.807) is 31.3 Å². The van der Waals surface area contributed by atoms with Crippen molar-refractivity contribution in [1.82, 2.24) is 5.32 Å². The Labute approximate surface area is 161 Å². The predicted molar refractivity (Wildman–Crippen MR) is 103 cm³/mol. The van der Waals surface area contributed by atoms with Gasteiger partial charge in [-0.1, -0.05) is 32.6 Å². The molecule has 0 fully saturated rings. The van der Waals surface area contributed by atoms with Crippen LogP contribution in [0.4, 0.5) is 5.69 Å². The van der Waals surface area contributed by atoms with Crippen molar-refractivity contribution in [2.75, 3.05) is 25.5 Å². The van der Waals surface area contributed by atoms with E-state index in [1.807, 2.05) is 6.07 Å². The van der Waals surface area contributed by atoms with Gasteiger partial charge in [-0.2, -0.15) is 0 Å². The highest BCUT2D eigenvalue weighted by Crippen LogP contribution is 2.17. The Hall–Kier alpha value is -1.67. The van der Waals surface area contributed by atoms with Crippen molar-refractivity contribution in [3.63, 3.8) is 0 Å². The molecule has 2 rings (SSSR count). The van der Waals surface area contributed by atoms with Gasteiger partial charge in [-0.25, -0.2) is 0 Å². The average Bonchev–Trinajstić information content (AvgIpc) is 2.62. The zero-order valence-electron chi connectivity index (χ0n) is 14.1. The second-order valence-electron chi connectivity index (χ2n) is 5.17. The topological polar surface area (TPSA) is 122 Å². The van der Waals surface area contributed by atoms with Gasteiger partial charge in [0.2, 0.25) is 0 Å². The molecule has 1 amide bonds. The van der Waals surface area contributed by atoms with E-state index in [2.05, 4.69) is 26.6 Å². The maximum Gasteiger partial charge on any atom is 0.348 e. The van der Waals surface area contributed by atoms with E-state index in [9.17, 15) is 14.3 Å². The van der Waals surface area contributed by atoms with Crippen LogP contribution in [0.15, 0.2) is 53.0 Å². The van der Waals surface area contributed by atoms with Crippen LogP contribution in [0.3, 0.4) is 0 Å². The van der Waals surface area contributed by atoms with Gasteiger partial charge >= 0.3 is 8.03 Å². The number of halogens is 1. The van der Waals surface area contributed by atoms with Gasteiger partial charge in [0.25, 0.3) is 5.91 Å². The second-order valence-corrected chi connectivity index (χ2v) is 7.11. The zero-order chi connectivity index (χ0) is 19.5. The molecule has 0 heterocycles. The highest BCUT2D eigenvalue weighted by molar-refractivity contribution is 9.10. The summed E-state index contributed by atoms with van der Waals surface area (Å²) in [7, 11) is -0.967. The molecule has 0 aromatic heterocycles. The molecule has 4 N–H and O–H groups in total. The van der Waals surface area contributed by atoms with Crippen LogP contribution in [0.5, 0.6) is 0 Å². The van der Waals surface area contributed by atoms with Gasteiger partial charge in [-0.05, 0) is 37.4 Å². The van der Waals surface area contributed by atoms with E-state index >= 15 is 0 Å². The van der Waals surface area contributed by atoms with Gasteiger partial charge < -0.3 is 25.7 Å². The quantitative estimate of drug-likeness (QED) is 0.494. The molecule has 2 aromatic carbocycles. The number of nitrogens with one attached hydrogen (secondary N) is 2. The molecule has 140 valence electrons. The summed E-state index contributed by atoms with van der Waals surface area (Å²) in [5.74, 6) is -0.350. The van der Waals surface area contributed by atoms with Crippen molar-refractivity contribution in [3.8, 4) is 0 Å². The summed E-state index contributed by atoms with van der Waals surface area (Å²) in [6, 6.07) is 13.0. The summed E-state index contributed by atoms with van der Waals surface area (Å²) < 4.78 is 11.7. The Balaban J connectivity index is 0.000000412. The van der Waals surface area contributed by atoms with Gasteiger partial charge in [-0.3, -0.25) is 4.79 Å². The molecular formula is C17H20BrN2O5P. The van der Waals surface area contributed by atoms with Gasteiger partial charge in [-0.15, -0.1) is 0 Å². The van der Waals surface area contributed by atoms with E-state index in [1.165, 1.54) is 18.2 Å². The molecular weight excluding hydrogens is 423 g/mol. The number of carbonyl (C=O) groups is 1. The molecule has 0 bridgehead atoms. The molecule has 2 aromatic rings. The number of carbonyl (C=O) groups excluding carboxylic acids is 1. The van der Waals surface area contributed by atoms with E-state index in [0.29, 0.717) is 17.8 Å². The van der Waals surface area contributed by atoms with E-state index in [4.69, 9.17) is 10.2 Å². The lowest BCUT2D eigenvalue weighted by Gasteiger charge is -2.05. The lowest BCUT2D eigenvalue weighted by atomic mass is 10.2. The van der Waals surface area contributed by atoms with Crippen LogP contribution in [0, 0.1) is 0 Å². The summed E-state index contributed by atoms with van der Waals surface area (Å²) in [6.45, 7) is 0.289. The summed E-state index contributed by atoms with van der Waals surface area (Å²) in [5.41, 5.74) is 0.938. The molecule has 0 saturated carbocycles. The van der Waals surface area contributed by atoms with Crippen LogP contribution in [0.2, 0.25) is 0 Å². The van der Waals surface area contributed by atoms with Crippen LogP contribution in [0.1, 0.15) is 10.4 Å². The van der Waals surface area contributed by atoms with Crippen molar-refractivity contribution in [3.05, 3.63) is 58.6 Å². The number of aliphatic hydroxyl groups is 2. The van der Waals surface area contributed by atoms with Crippen LogP contribution < -0.4 is 20.8 Å². The molecule has 0 spiro atoms. The van der Waals surface area contributed by atoms with Crippen LogP contribution in [-0.2, 0) is 4.57 Å². The average molecular weight is 443 g/mol. The summed E-state index contributed by atoms with van der Waals surface area (Å²) in [4.78, 5) is 22.9. The molecule has 0 aliphatic heterocycles. The van der Waals surface area contributed by atoms with Gasteiger partial charge in [0.05, 0.1) is 12.7 Å². The van der Waals surface area contributed by atoms with Crippen LogP contribution in [0.25, 0.3) is 0 Å². The first-order valence-corrected chi connectivity index (χ1v) is 9.59. The lowest BCUT2D eigenvalue weighted by Crippen LogP contribution is -2.26. The molecule has 0 aliphatic rings. The Morgan fingerprint density at radius 1 is 1.27 bits per heavy atom. The number of benzene rings is 2. The highest BCUT2D eigenvalue weighted by Gasteiger charge is 2.12. The van der Waals surface area contributed by atoms with E-state index in [-0.39, 0.29) is 17.8 Å². The standard InChI is InChI=1S/C13H9BrNO3P.C4H11NO2/c14-10-4-2-5-11(8-10)15-13(16)9-3-1-6-12(7-9)19(17)18;1-5-2-4(7)3-6/h1-8H,(H,15,16);4-7H,2-3H2,1H3. The normalized spacial score (nSPS) is 11.8. The third kappa shape index (κ3) is 8.14. The number of rotatable bonds is 6. The summed E-state index contributed by atoms with van der Waals surface area (Å²) >= 11 is 3.31. The molecule has 0 aliphatic carbocycles. The lowest BCUT2D eigenvalue weighted by molar-refractivity contribution is -0.160. The molecule has 2 unspecified atom stereocenters. The minimum atomic E-state index is -2.69. The Morgan fingerprint density at radius 2 is 1.96 bits per heavy atom. The Morgan fingerprint density at radius 3 is 2.50 bits per heavy atom. The fourth-order valence-corrected chi connectivity index (χ4v) is 2.68. The number of hydrogen-bond acceptors (Lipinski definition) is 6. The minimum Gasteiger partial charge on any atom is -0.591 e. The summed E-state index contributed by atoms with van der Waals surface area (Å²) in [5, 5.41) is 22.3. The number of aliphatic hydroxyl groups excluding tert-OH is 2. The first kappa shape index (κ1) is 22.4.